The van der Waals surface area contributed by atoms with E-state index in [1.54, 1.807) is 12.1 Å². The molecular weight excluding hydrogens is 338 g/mol. The second-order valence-electron chi connectivity index (χ2n) is 6.18. The second kappa shape index (κ2) is 9.15. The number of furan rings is 1. The first kappa shape index (κ1) is 18.1. The number of thioether (sulfide) groups is 1. The van der Waals surface area contributed by atoms with Gasteiger partial charge in [0, 0.05) is 70.9 Å². The number of amides is 1. The fourth-order valence-corrected chi connectivity index (χ4v) is 4.14. The Morgan fingerprint density at radius 3 is 2.56 bits per heavy atom. The lowest BCUT2D eigenvalue weighted by Gasteiger charge is -2.36. The Balaban J connectivity index is 1.41. The molecule has 1 N–H and O–H groups in total. The maximum absolute atomic E-state index is 12.3. The summed E-state index contributed by atoms with van der Waals surface area (Å²) < 4.78 is 5.21. The van der Waals surface area contributed by atoms with E-state index >= 15 is 0 Å². The normalized spacial score (nSPS) is 20.0. The molecule has 0 radical (unpaired) electrons. The molecule has 2 fully saturated rings. The van der Waals surface area contributed by atoms with Crippen molar-refractivity contribution in [2.24, 2.45) is 4.99 Å². The maximum atomic E-state index is 12.3. The summed E-state index contributed by atoms with van der Waals surface area (Å²) in [7, 11) is 1.82. The number of nitrogens with one attached hydrogen (secondary N) is 1. The second-order valence-corrected chi connectivity index (χ2v) is 7.41. The molecule has 8 heteroatoms. The van der Waals surface area contributed by atoms with Crippen molar-refractivity contribution < 1.29 is 9.21 Å². The molecule has 0 saturated carbocycles. The largest absolute Gasteiger partial charge is 0.459 e. The molecule has 138 valence electrons. The van der Waals surface area contributed by atoms with Gasteiger partial charge in [0.2, 0.25) is 0 Å². The maximum Gasteiger partial charge on any atom is 0.289 e. The Bertz CT molecular complexity index is 564. The Morgan fingerprint density at radius 1 is 1.20 bits per heavy atom. The zero-order valence-electron chi connectivity index (χ0n) is 14.8. The van der Waals surface area contributed by atoms with Gasteiger partial charge in [0.1, 0.15) is 0 Å². The monoisotopic (exact) mass is 365 g/mol. The average Bonchev–Trinajstić information content (AvgIpc) is 3.20. The number of piperazine rings is 1. The summed E-state index contributed by atoms with van der Waals surface area (Å²) in [5, 5.41) is 3.46. The van der Waals surface area contributed by atoms with Gasteiger partial charge in [-0.15, -0.1) is 0 Å². The molecule has 2 aliphatic heterocycles. The van der Waals surface area contributed by atoms with E-state index in [4.69, 9.17) is 4.42 Å². The van der Waals surface area contributed by atoms with E-state index in [1.165, 1.54) is 30.9 Å². The third-order valence-electron chi connectivity index (χ3n) is 4.63. The minimum Gasteiger partial charge on any atom is -0.459 e. The number of carbonyl (C=O) groups excluding carboxylic acids is 1. The van der Waals surface area contributed by atoms with Crippen molar-refractivity contribution in [1.82, 2.24) is 20.0 Å². The molecule has 1 aromatic heterocycles. The van der Waals surface area contributed by atoms with Crippen molar-refractivity contribution in [3.63, 3.8) is 0 Å². The number of hydrogen-bond acceptors (Lipinski definition) is 5. The molecule has 1 amide bonds. The van der Waals surface area contributed by atoms with Crippen LogP contribution in [-0.4, -0.2) is 97.5 Å². The summed E-state index contributed by atoms with van der Waals surface area (Å²) in [6.45, 7) is 7.25. The summed E-state index contributed by atoms with van der Waals surface area (Å²) >= 11 is 2.03. The predicted molar refractivity (Wildman–Crippen MR) is 101 cm³/mol. The van der Waals surface area contributed by atoms with Crippen molar-refractivity contribution in [2.45, 2.75) is 0 Å². The topological polar surface area (TPSA) is 64.3 Å². The molecule has 7 nitrogen and oxygen atoms in total. The van der Waals surface area contributed by atoms with E-state index < -0.39 is 0 Å². The molecule has 0 unspecified atom stereocenters. The predicted octanol–water partition coefficient (Wildman–Crippen LogP) is 0.662. The van der Waals surface area contributed by atoms with E-state index in [9.17, 15) is 4.79 Å². The smallest absolute Gasteiger partial charge is 0.289 e. The van der Waals surface area contributed by atoms with Crippen LogP contribution < -0.4 is 5.32 Å². The first-order chi connectivity index (χ1) is 12.3. The number of hydrogen-bond donors (Lipinski definition) is 1. The molecule has 3 rings (SSSR count). The van der Waals surface area contributed by atoms with E-state index in [2.05, 4.69) is 20.1 Å². The van der Waals surface area contributed by atoms with Crippen LogP contribution in [0, 0.1) is 0 Å². The molecule has 0 aliphatic carbocycles. The van der Waals surface area contributed by atoms with Crippen LogP contribution in [0.5, 0.6) is 0 Å². The van der Waals surface area contributed by atoms with Crippen molar-refractivity contribution in [3.8, 4) is 0 Å². The van der Waals surface area contributed by atoms with E-state index in [-0.39, 0.29) is 5.91 Å². The molecule has 1 aromatic rings. The SMILES string of the molecule is CN=C(NCCN1CCSCC1)N1CCN(C(=O)c2ccco2)CC1. The van der Waals surface area contributed by atoms with Crippen LogP contribution in [-0.2, 0) is 0 Å². The summed E-state index contributed by atoms with van der Waals surface area (Å²) in [4.78, 5) is 23.3. The van der Waals surface area contributed by atoms with Gasteiger partial charge < -0.3 is 19.5 Å². The Hall–Kier alpha value is -1.67. The van der Waals surface area contributed by atoms with Crippen LogP contribution in [0.25, 0.3) is 0 Å². The average molecular weight is 366 g/mol. The molecule has 25 heavy (non-hydrogen) atoms. The van der Waals surface area contributed by atoms with Crippen LogP contribution in [0.1, 0.15) is 10.6 Å². The fraction of sp³-hybridized carbons (Fsp3) is 0.647. The highest BCUT2D eigenvalue weighted by atomic mass is 32.2. The number of rotatable bonds is 4. The lowest BCUT2D eigenvalue weighted by Crippen LogP contribution is -2.54. The number of guanidine groups is 1. The van der Waals surface area contributed by atoms with Gasteiger partial charge >= 0.3 is 0 Å². The van der Waals surface area contributed by atoms with E-state index in [0.29, 0.717) is 18.8 Å². The van der Waals surface area contributed by atoms with Gasteiger partial charge in [-0.1, -0.05) is 0 Å². The highest BCUT2D eigenvalue weighted by Crippen LogP contribution is 2.10. The zero-order valence-corrected chi connectivity index (χ0v) is 15.6. The van der Waals surface area contributed by atoms with Crippen LogP contribution in [0.2, 0.25) is 0 Å². The molecule has 3 heterocycles. The quantitative estimate of drug-likeness (QED) is 0.625. The fourth-order valence-electron chi connectivity index (χ4n) is 3.16. The van der Waals surface area contributed by atoms with E-state index in [0.717, 1.165) is 32.1 Å². The lowest BCUT2D eigenvalue weighted by molar-refractivity contribution is 0.0657. The highest BCUT2D eigenvalue weighted by Gasteiger charge is 2.25. The molecule has 0 aromatic carbocycles. The van der Waals surface area contributed by atoms with Crippen LogP contribution >= 0.6 is 11.8 Å². The van der Waals surface area contributed by atoms with Gasteiger partial charge in [0.25, 0.3) is 5.91 Å². The Kier molecular flexibility index (Phi) is 6.63. The summed E-state index contributed by atoms with van der Waals surface area (Å²) in [5.74, 6) is 3.78. The van der Waals surface area contributed by atoms with Gasteiger partial charge in [-0.25, -0.2) is 0 Å². The molecule has 2 aliphatic rings. The first-order valence-corrected chi connectivity index (χ1v) is 10.0. The molecule has 0 spiro atoms. The van der Waals surface area contributed by atoms with Gasteiger partial charge in [0.15, 0.2) is 11.7 Å². The Labute approximate surface area is 153 Å². The van der Waals surface area contributed by atoms with Crippen LogP contribution in [0.15, 0.2) is 27.8 Å². The summed E-state index contributed by atoms with van der Waals surface area (Å²) in [5.41, 5.74) is 0. The molecule has 0 bridgehead atoms. The van der Waals surface area contributed by atoms with Crippen molar-refractivity contribution >= 4 is 23.6 Å². The van der Waals surface area contributed by atoms with Gasteiger partial charge in [-0.05, 0) is 12.1 Å². The van der Waals surface area contributed by atoms with Crippen LogP contribution in [0.4, 0.5) is 0 Å². The van der Waals surface area contributed by atoms with Crippen molar-refractivity contribution in [1.29, 1.82) is 0 Å². The number of aliphatic imine (C=N–C) groups is 1. The minimum absolute atomic E-state index is 0.0319. The van der Waals surface area contributed by atoms with E-state index in [1.807, 2.05) is 23.7 Å². The Morgan fingerprint density at radius 2 is 1.92 bits per heavy atom. The van der Waals surface area contributed by atoms with Crippen LogP contribution in [0.3, 0.4) is 0 Å². The standard InChI is InChI=1S/C17H27N5O2S/c1-18-17(19-4-5-20-10-13-25-14-11-20)22-8-6-21(7-9-22)16(23)15-3-2-12-24-15/h2-3,12H,4-11,13-14H2,1H3,(H,18,19). The van der Waals surface area contributed by atoms with Gasteiger partial charge in [0.05, 0.1) is 6.26 Å². The molecular formula is C17H27N5O2S. The van der Waals surface area contributed by atoms with Crippen molar-refractivity contribution in [2.75, 3.05) is 70.9 Å². The van der Waals surface area contributed by atoms with Gasteiger partial charge in [-0.3, -0.25) is 14.7 Å². The zero-order chi connectivity index (χ0) is 17.5. The van der Waals surface area contributed by atoms with Crippen molar-refractivity contribution in [3.05, 3.63) is 24.2 Å². The third-order valence-corrected chi connectivity index (χ3v) is 5.57. The molecule has 0 atom stereocenters. The summed E-state index contributed by atoms with van der Waals surface area (Å²) in [6, 6.07) is 3.46. The highest BCUT2D eigenvalue weighted by molar-refractivity contribution is 7.99. The first-order valence-electron chi connectivity index (χ1n) is 8.86. The summed E-state index contributed by atoms with van der Waals surface area (Å²) in [6.07, 6.45) is 1.54. The number of carbonyl (C=O) groups is 1. The van der Waals surface area contributed by atoms with Gasteiger partial charge in [-0.2, -0.15) is 11.8 Å². The minimum atomic E-state index is -0.0319. The lowest BCUT2D eigenvalue weighted by atomic mass is 10.3. The third kappa shape index (κ3) is 4.92. The molecule has 2 saturated heterocycles. The number of nitrogens with zero attached hydrogens (tertiary/aromatic N) is 4.